The molecule has 1 aromatic heterocycles. The maximum Gasteiger partial charge on any atom is 0.241 e. The first-order valence-corrected chi connectivity index (χ1v) is 10.2. The summed E-state index contributed by atoms with van der Waals surface area (Å²) in [6.07, 6.45) is 2.36. The Morgan fingerprint density at radius 1 is 1.23 bits per heavy atom. The van der Waals surface area contributed by atoms with E-state index in [0.29, 0.717) is 17.9 Å². The summed E-state index contributed by atoms with van der Waals surface area (Å²) >= 11 is 0. The summed E-state index contributed by atoms with van der Waals surface area (Å²) in [4.78, 5) is 12.2. The molecule has 8 heteroatoms. The lowest BCUT2D eigenvalue weighted by molar-refractivity contribution is 0.0967. The van der Waals surface area contributed by atoms with E-state index in [1.165, 1.54) is 12.1 Å². The normalized spacial score (nSPS) is 16.0. The summed E-state index contributed by atoms with van der Waals surface area (Å²) < 4.78 is 33.6. The van der Waals surface area contributed by atoms with Crippen LogP contribution in [0.25, 0.3) is 0 Å². The number of nitrogens with zero attached hydrogens (tertiary/aromatic N) is 2. The van der Waals surface area contributed by atoms with Gasteiger partial charge in [-0.1, -0.05) is 26.0 Å². The molecule has 1 atom stereocenters. The van der Waals surface area contributed by atoms with Crippen molar-refractivity contribution in [3.8, 4) is 0 Å². The molecular weight excluding hydrogens is 354 g/mol. The zero-order valence-corrected chi connectivity index (χ0v) is 15.9. The molecule has 1 unspecified atom stereocenters. The quantitative estimate of drug-likeness (QED) is 0.710. The summed E-state index contributed by atoms with van der Waals surface area (Å²) in [5.74, 6) is 1.05. The highest BCUT2D eigenvalue weighted by Crippen LogP contribution is 2.32. The zero-order valence-electron chi connectivity index (χ0n) is 15.1. The van der Waals surface area contributed by atoms with Gasteiger partial charge in [0.1, 0.15) is 6.04 Å². The second kappa shape index (κ2) is 7.28. The number of ketones is 1. The molecule has 1 fully saturated rings. The zero-order chi connectivity index (χ0) is 18.9. The lowest BCUT2D eigenvalue weighted by Crippen LogP contribution is -2.30. The van der Waals surface area contributed by atoms with Crippen molar-refractivity contribution in [1.29, 1.82) is 0 Å². The van der Waals surface area contributed by atoms with E-state index >= 15 is 0 Å². The Morgan fingerprint density at radius 2 is 1.88 bits per heavy atom. The largest absolute Gasteiger partial charge is 0.424 e. The second-order valence-electron chi connectivity index (χ2n) is 7.13. The van der Waals surface area contributed by atoms with Crippen molar-refractivity contribution >= 4 is 15.8 Å². The standard InChI is InChI=1S/C18H23N3O4S/c1-11(2)10-16(18-20-19-12(3)25-18)21-26(23,24)15-8-6-14(7-9-15)17(22)13-4-5-13/h6-9,11,13,16,21H,4-5,10H2,1-3H3. The first-order valence-electron chi connectivity index (χ1n) is 8.73. The van der Waals surface area contributed by atoms with Crippen LogP contribution in [0, 0.1) is 18.8 Å². The molecule has 0 amide bonds. The van der Waals surface area contributed by atoms with Crippen molar-refractivity contribution in [2.24, 2.45) is 11.8 Å². The first-order chi connectivity index (χ1) is 12.3. The van der Waals surface area contributed by atoms with Crippen LogP contribution < -0.4 is 4.72 Å². The highest BCUT2D eigenvalue weighted by molar-refractivity contribution is 7.89. The molecule has 1 aliphatic carbocycles. The summed E-state index contributed by atoms with van der Waals surface area (Å²) in [5.41, 5.74) is 0.553. The predicted octanol–water partition coefficient (Wildman–Crippen LogP) is 3.04. The maximum atomic E-state index is 12.7. The van der Waals surface area contributed by atoms with Crippen LogP contribution in [0.2, 0.25) is 0 Å². The molecule has 1 heterocycles. The van der Waals surface area contributed by atoms with Crippen molar-refractivity contribution in [2.45, 2.75) is 51.0 Å². The predicted molar refractivity (Wildman–Crippen MR) is 95.0 cm³/mol. The van der Waals surface area contributed by atoms with E-state index in [2.05, 4.69) is 14.9 Å². The number of sulfonamides is 1. The van der Waals surface area contributed by atoms with E-state index in [1.54, 1.807) is 19.1 Å². The first kappa shape index (κ1) is 18.7. The molecule has 0 bridgehead atoms. The van der Waals surface area contributed by atoms with Gasteiger partial charge in [-0.25, -0.2) is 8.42 Å². The van der Waals surface area contributed by atoms with Crippen LogP contribution >= 0.6 is 0 Å². The molecule has 3 rings (SSSR count). The van der Waals surface area contributed by atoms with E-state index in [0.717, 1.165) is 12.8 Å². The van der Waals surface area contributed by atoms with Gasteiger partial charge in [0, 0.05) is 18.4 Å². The maximum absolute atomic E-state index is 12.7. The molecule has 1 aromatic carbocycles. The molecule has 7 nitrogen and oxygen atoms in total. The average Bonchev–Trinajstić information content (AvgIpc) is 3.34. The molecule has 1 N–H and O–H groups in total. The fourth-order valence-corrected chi connectivity index (χ4v) is 3.96. The molecule has 26 heavy (non-hydrogen) atoms. The van der Waals surface area contributed by atoms with Crippen molar-refractivity contribution in [3.63, 3.8) is 0 Å². The van der Waals surface area contributed by atoms with Crippen molar-refractivity contribution in [1.82, 2.24) is 14.9 Å². The van der Waals surface area contributed by atoms with E-state index in [1.807, 2.05) is 13.8 Å². The van der Waals surface area contributed by atoms with Crippen molar-refractivity contribution in [3.05, 3.63) is 41.6 Å². The number of aromatic nitrogens is 2. The van der Waals surface area contributed by atoms with E-state index in [-0.39, 0.29) is 28.4 Å². The van der Waals surface area contributed by atoms with Crippen LogP contribution in [0.1, 0.15) is 61.3 Å². The van der Waals surface area contributed by atoms with Gasteiger partial charge < -0.3 is 4.42 Å². The monoisotopic (exact) mass is 377 g/mol. The van der Waals surface area contributed by atoms with Crippen LogP contribution in [-0.2, 0) is 10.0 Å². The van der Waals surface area contributed by atoms with Gasteiger partial charge in [0.15, 0.2) is 5.78 Å². The Morgan fingerprint density at radius 3 is 2.38 bits per heavy atom. The number of aryl methyl sites for hydroxylation is 1. The lowest BCUT2D eigenvalue weighted by Gasteiger charge is -2.17. The van der Waals surface area contributed by atoms with Gasteiger partial charge in [-0.2, -0.15) is 4.72 Å². The Balaban J connectivity index is 1.80. The van der Waals surface area contributed by atoms with Gasteiger partial charge in [0.05, 0.1) is 4.90 Å². The summed E-state index contributed by atoms with van der Waals surface area (Å²) in [7, 11) is -3.78. The molecule has 1 saturated carbocycles. The second-order valence-corrected chi connectivity index (χ2v) is 8.84. The SMILES string of the molecule is Cc1nnc(C(CC(C)C)NS(=O)(=O)c2ccc(C(=O)C3CC3)cc2)o1. The molecule has 0 aliphatic heterocycles. The van der Waals surface area contributed by atoms with Crippen molar-refractivity contribution < 1.29 is 17.6 Å². The van der Waals surface area contributed by atoms with Gasteiger partial charge in [-0.05, 0) is 37.3 Å². The number of hydrogen-bond acceptors (Lipinski definition) is 6. The van der Waals surface area contributed by atoms with Crippen LogP contribution in [0.3, 0.4) is 0 Å². The average molecular weight is 377 g/mol. The molecule has 0 spiro atoms. The molecule has 0 radical (unpaired) electrons. The smallest absolute Gasteiger partial charge is 0.241 e. The molecule has 140 valence electrons. The lowest BCUT2D eigenvalue weighted by atomic mass is 10.0. The molecule has 1 aliphatic rings. The number of rotatable bonds is 8. The topological polar surface area (TPSA) is 102 Å². The fraction of sp³-hybridized carbons (Fsp3) is 0.500. The van der Waals surface area contributed by atoms with Crippen LogP contribution in [-0.4, -0.2) is 24.4 Å². The minimum absolute atomic E-state index is 0.0842. The summed E-state index contributed by atoms with van der Waals surface area (Å²) in [5, 5.41) is 7.73. The number of hydrogen-bond donors (Lipinski definition) is 1. The Kier molecular flexibility index (Phi) is 5.24. The highest BCUT2D eigenvalue weighted by atomic mass is 32.2. The minimum Gasteiger partial charge on any atom is -0.424 e. The third kappa shape index (κ3) is 4.37. The summed E-state index contributed by atoms with van der Waals surface area (Å²) in [6.45, 7) is 5.64. The Hall–Kier alpha value is -2.06. The van der Waals surface area contributed by atoms with Gasteiger partial charge in [-0.3, -0.25) is 4.79 Å². The molecular formula is C18H23N3O4S. The molecule has 2 aromatic rings. The Bertz CT molecular complexity index is 883. The van der Waals surface area contributed by atoms with E-state index in [4.69, 9.17) is 4.42 Å². The van der Waals surface area contributed by atoms with Crippen LogP contribution in [0.4, 0.5) is 0 Å². The van der Waals surface area contributed by atoms with E-state index in [9.17, 15) is 13.2 Å². The van der Waals surface area contributed by atoms with Gasteiger partial charge in [0.25, 0.3) is 0 Å². The summed E-state index contributed by atoms with van der Waals surface area (Å²) in [6, 6.07) is 5.47. The van der Waals surface area contributed by atoms with Crippen LogP contribution in [0.5, 0.6) is 0 Å². The number of carbonyl (C=O) groups is 1. The minimum atomic E-state index is -3.78. The fourth-order valence-electron chi connectivity index (χ4n) is 2.76. The van der Waals surface area contributed by atoms with Crippen LogP contribution in [0.15, 0.2) is 33.6 Å². The van der Waals surface area contributed by atoms with Gasteiger partial charge in [0.2, 0.25) is 21.8 Å². The van der Waals surface area contributed by atoms with Gasteiger partial charge >= 0.3 is 0 Å². The third-order valence-corrected chi connectivity index (χ3v) is 5.73. The van der Waals surface area contributed by atoms with Crippen molar-refractivity contribution in [2.75, 3.05) is 0 Å². The number of benzene rings is 1. The highest BCUT2D eigenvalue weighted by Gasteiger charge is 2.31. The number of carbonyl (C=O) groups excluding carboxylic acids is 1. The van der Waals surface area contributed by atoms with E-state index < -0.39 is 16.1 Å². The molecule has 0 saturated heterocycles. The number of Topliss-reactive ketones (excluding diaryl/α,β-unsaturated/α-hetero) is 1. The number of nitrogens with one attached hydrogen (secondary N) is 1. The third-order valence-electron chi connectivity index (χ3n) is 4.24. The van der Waals surface area contributed by atoms with Gasteiger partial charge in [-0.15, -0.1) is 10.2 Å². The Labute approximate surface area is 153 Å².